The third kappa shape index (κ3) is 4.10. The molecule has 1 rings (SSSR count). The van der Waals surface area contributed by atoms with Gasteiger partial charge in [0.2, 0.25) is 0 Å². The van der Waals surface area contributed by atoms with Gasteiger partial charge in [0, 0.05) is 6.61 Å². The Hall–Kier alpha value is -0.810. The van der Waals surface area contributed by atoms with Crippen molar-refractivity contribution in [2.24, 2.45) is 0 Å². The normalized spacial score (nSPS) is 21.3. The lowest BCUT2D eigenvalue weighted by Crippen LogP contribution is -2.30. The van der Waals surface area contributed by atoms with Gasteiger partial charge in [-0.1, -0.05) is 13.3 Å². The maximum Gasteiger partial charge on any atom is 0.317 e. The van der Waals surface area contributed by atoms with Crippen molar-refractivity contribution in [3.05, 3.63) is 0 Å². The van der Waals surface area contributed by atoms with E-state index in [-0.39, 0.29) is 19.1 Å². The van der Waals surface area contributed by atoms with E-state index in [0.717, 1.165) is 12.8 Å². The van der Waals surface area contributed by atoms with Gasteiger partial charge in [-0.2, -0.15) is 0 Å². The molecule has 0 aliphatic carbocycles. The summed E-state index contributed by atoms with van der Waals surface area (Å²) >= 11 is 0. The predicted molar refractivity (Wildman–Crippen MR) is 47.1 cm³/mol. The minimum atomic E-state index is -0.242. The van der Waals surface area contributed by atoms with Crippen molar-refractivity contribution in [3.63, 3.8) is 0 Å². The number of carbonyl (C=O) groups is 1. The number of unbranched alkanes of at least 4 members (excludes halogenated alkanes) is 1. The van der Waals surface area contributed by atoms with Gasteiger partial charge in [-0.15, -0.1) is 0 Å². The highest BCUT2D eigenvalue weighted by Crippen LogP contribution is 1.94. The summed E-state index contributed by atoms with van der Waals surface area (Å²) in [6.45, 7) is 3.57. The zero-order valence-electron chi connectivity index (χ0n) is 7.84. The number of hydrogen-bond acceptors (Lipinski definition) is 3. The van der Waals surface area contributed by atoms with Crippen molar-refractivity contribution in [3.8, 4) is 0 Å². The summed E-state index contributed by atoms with van der Waals surface area (Å²) in [6, 6.07) is -0.182. The lowest BCUT2D eigenvalue weighted by Gasteiger charge is -2.10. The van der Waals surface area contributed by atoms with E-state index in [9.17, 15) is 4.79 Å². The Balaban J connectivity index is 1.91. The van der Waals surface area contributed by atoms with Crippen molar-refractivity contribution < 1.29 is 14.3 Å². The largest absolute Gasteiger partial charge is 0.355 e. The molecule has 0 radical (unpaired) electrons. The summed E-state index contributed by atoms with van der Waals surface area (Å²) in [6.07, 6.45) is 1.91. The summed E-state index contributed by atoms with van der Waals surface area (Å²) in [5, 5.41) is 5.18. The molecular formula is C8H16N2O3. The molecule has 76 valence electrons. The average Bonchev–Trinajstić information content (AvgIpc) is 2.51. The minimum absolute atomic E-state index is 0.182. The SMILES string of the molecule is CCCCOCOC1CNC(=O)N1. The van der Waals surface area contributed by atoms with E-state index in [1.54, 1.807) is 0 Å². The minimum Gasteiger partial charge on any atom is -0.355 e. The van der Waals surface area contributed by atoms with E-state index in [0.29, 0.717) is 13.2 Å². The first-order valence-electron chi connectivity index (χ1n) is 4.56. The number of hydrogen-bond donors (Lipinski definition) is 2. The molecule has 1 unspecified atom stereocenters. The molecule has 1 atom stereocenters. The molecule has 1 fully saturated rings. The van der Waals surface area contributed by atoms with Crippen LogP contribution in [0.5, 0.6) is 0 Å². The Morgan fingerprint density at radius 2 is 2.46 bits per heavy atom. The molecule has 1 aliphatic heterocycles. The van der Waals surface area contributed by atoms with Crippen molar-refractivity contribution in [1.82, 2.24) is 10.6 Å². The fourth-order valence-corrected chi connectivity index (χ4v) is 0.970. The van der Waals surface area contributed by atoms with Gasteiger partial charge in [0.05, 0.1) is 6.54 Å². The fourth-order valence-electron chi connectivity index (χ4n) is 0.970. The van der Waals surface area contributed by atoms with E-state index in [2.05, 4.69) is 17.6 Å². The van der Waals surface area contributed by atoms with Gasteiger partial charge >= 0.3 is 6.03 Å². The summed E-state index contributed by atoms with van der Waals surface area (Å²) in [4.78, 5) is 10.6. The van der Waals surface area contributed by atoms with Crippen LogP contribution in [-0.4, -0.2) is 32.2 Å². The first-order chi connectivity index (χ1) is 6.33. The van der Waals surface area contributed by atoms with Gasteiger partial charge in [0.1, 0.15) is 6.79 Å². The highest BCUT2D eigenvalue weighted by molar-refractivity contribution is 5.76. The third-order valence-electron chi connectivity index (χ3n) is 1.73. The van der Waals surface area contributed by atoms with Crippen molar-refractivity contribution in [1.29, 1.82) is 0 Å². The molecule has 0 saturated carbocycles. The Bertz CT molecular complexity index is 163. The second-order valence-electron chi connectivity index (χ2n) is 2.89. The van der Waals surface area contributed by atoms with Gasteiger partial charge in [-0.25, -0.2) is 4.79 Å². The van der Waals surface area contributed by atoms with E-state index in [1.807, 2.05) is 0 Å². The van der Waals surface area contributed by atoms with Crippen LogP contribution < -0.4 is 10.6 Å². The lowest BCUT2D eigenvalue weighted by molar-refractivity contribution is -0.0888. The predicted octanol–water partition coefficient (Wildman–Crippen LogP) is 0.416. The molecule has 5 heteroatoms. The molecule has 0 aromatic carbocycles. The highest BCUT2D eigenvalue weighted by Gasteiger charge is 2.19. The zero-order valence-corrected chi connectivity index (χ0v) is 7.84. The second kappa shape index (κ2) is 5.77. The van der Waals surface area contributed by atoms with Gasteiger partial charge in [-0.05, 0) is 6.42 Å². The van der Waals surface area contributed by atoms with Crippen LogP contribution in [0.25, 0.3) is 0 Å². The smallest absolute Gasteiger partial charge is 0.317 e. The monoisotopic (exact) mass is 188 g/mol. The quantitative estimate of drug-likeness (QED) is 0.469. The van der Waals surface area contributed by atoms with Crippen LogP contribution in [0, 0.1) is 0 Å². The van der Waals surface area contributed by atoms with Crippen molar-refractivity contribution in [2.75, 3.05) is 19.9 Å². The molecule has 13 heavy (non-hydrogen) atoms. The number of nitrogens with one attached hydrogen (secondary N) is 2. The number of urea groups is 1. The lowest BCUT2D eigenvalue weighted by atomic mass is 10.4. The molecule has 5 nitrogen and oxygen atoms in total. The second-order valence-corrected chi connectivity index (χ2v) is 2.89. The van der Waals surface area contributed by atoms with E-state index in [4.69, 9.17) is 9.47 Å². The molecule has 0 spiro atoms. The van der Waals surface area contributed by atoms with Crippen molar-refractivity contribution in [2.45, 2.75) is 26.0 Å². The van der Waals surface area contributed by atoms with Gasteiger partial charge in [0.25, 0.3) is 0 Å². The number of rotatable bonds is 6. The van der Waals surface area contributed by atoms with Crippen LogP contribution in [-0.2, 0) is 9.47 Å². The summed E-state index contributed by atoms with van der Waals surface area (Å²) < 4.78 is 10.4. The fraction of sp³-hybridized carbons (Fsp3) is 0.875. The Kier molecular flexibility index (Phi) is 4.56. The molecule has 0 aromatic heterocycles. The van der Waals surface area contributed by atoms with Crippen molar-refractivity contribution >= 4 is 6.03 Å². The number of amides is 2. The molecule has 1 heterocycles. The van der Waals surface area contributed by atoms with Crippen LogP contribution in [0.15, 0.2) is 0 Å². The van der Waals surface area contributed by atoms with Crippen LogP contribution >= 0.6 is 0 Å². The number of carbonyl (C=O) groups excluding carboxylic acids is 1. The Morgan fingerprint density at radius 3 is 3.08 bits per heavy atom. The average molecular weight is 188 g/mol. The first kappa shape index (κ1) is 10.3. The molecule has 1 saturated heterocycles. The third-order valence-corrected chi connectivity index (χ3v) is 1.73. The summed E-state index contributed by atoms with van der Waals surface area (Å²) in [7, 11) is 0. The molecule has 2 amide bonds. The van der Waals surface area contributed by atoms with Crippen LogP contribution in [0.4, 0.5) is 4.79 Å². The van der Waals surface area contributed by atoms with Gasteiger partial charge in [0.15, 0.2) is 6.23 Å². The maximum absolute atomic E-state index is 10.6. The van der Waals surface area contributed by atoms with Crippen LogP contribution in [0.2, 0.25) is 0 Å². The maximum atomic E-state index is 10.6. The molecule has 0 bridgehead atoms. The zero-order chi connectivity index (χ0) is 9.52. The Labute approximate surface area is 77.8 Å². The Morgan fingerprint density at radius 1 is 1.62 bits per heavy atom. The summed E-state index contributed by atoms with van der Waals surface area (Å²) in [5.41, 5.74) is 0. The van der Waals surface area contributed by atoms with Gasteiger partial charge in [-0.3, -0.25) is 0 Å². The molecule has 0 aromatic rings. The highest BCUT2D eigenvalue weighted by atomic mass is 16.7. The molecular weight excluding hydrogens is 172 g/mol. The van der Waals surface area contributed by atoms with E-state index < -0.39 is 0 Å². The van der Waals surface area contributed by atoms with Crippen LogP contribution in [0.1, 0.15) is 19.8 Å². The first-order valence-corrected chi connectivity index (χ1v) is 4.56. The standard InChI is InChI=1S/C8H16N2O3/c1-2-3-4-12-6-13-7-5-9-8(11)10-7/h7H,2-6H2,1H3,(H2,9,10,11). The topological polar surface area (TPSA) is 59.6 Å². The van der Waals surface area contributed by atoms with Crippen LogP contribution in [0.3, 0.4) is 0 Å². The number of ether oxygens (including phenoxy) is 2. The molecule has 2 N–H and O–H groups in total. The summed E-state index contributed by atoms with van der Waals surface area (Å²) in [5.74, 6) is 0. The van der Waals surface area contributed by atoms with Gasteiger partial charge < -0.3 is 20.1 Å². The van der Waals surface area contributed by atoms with E-state index >= 15 is 0 Å². The molecule has 1 aliphatic rings. The van der Waals surface area contributed by atoms with E-state index in [1.165, 1.54) is 0 Å².